The fourth-order valence-corrected chi connectivity index (χ4v) is 4.56. The van der Waals surface area contributed by atoms with Crippen molar-refractivity contribution in [2.24, 2.45) is 0 Å². The number of piperidine rings is 1. The lowest BCUT2D eigenvalue weighted by molar-refractivity contribution is -0.133. The van der Waals surface area contributed by atoms with Gasteiger partial charge in [0.1, 0.15) is 18.4 Å². The van der Waals surface area contributed by atoms with Gasteiger partial charge in [-0.2, -0.15) is 0 Å². The lowest BCUT2D eigenvalue weighted by atomic mass is 10.0. The molecule has 0 bridgehead atoms. The molecule has 0 saturated carbocycles. The van der Waals surface area contributed by atoms with Crippen LogP contribution in [-0.2, 0) is 11.2 Å². The molecular weight excluding hydrogens is 438 g/mol. The molecule has 2 amide bonds. The molecule has 0 aromatic heterocycles. The van der Waals surface area contributed by atoms with E-state index in [9.17, 15) is 9.59 Å². The molecule has 1 fully saturated rings. The quantitative estimate of drug-likeness (QED) is 0.458. The summed E-state index contributed by atoms with van der Waals surface area (Å²) < 4.78 is 5.95. The second-order valence-corrected chi connectivity index (χ2v) is 9.32. The third-order valence-corrected chi connectivity index (χ3v) is 6.43. The van der Waals surface area contributed by atoms with Crippen LogP contribution in [0.15, 0.2) is 54.6 Å². The maximum absolute atomic E-state index is 13.4. The third-order valence-electron chi connectivity index (χ3n) is 6.43. The van der Waals surface area contributed by atoms with E-state index in [-0.39, 0.29) is 11.8 Å². The molecule has 1 unspecified atom stereocenters. The Bertz CT molecular complexity index is 889. The van der Waals surface area contributed by atoms with Gasteiger partial charge in [0.2, 0.25) is 5.91 Å². The summed E-state index contributed by atoms with van der Waals surface area (Å²) in [4.78, 5) is 30.6. The zero-order valence-electron chi connectivity index (χ0n) is 21.4. The fraction of sp³-hybridized carbons (Fsp3) is 0.517. The van der Waals surface area contributed by atoms with Gasteiger partial charge in [-0.25, -0.2) is 0 Å². The Balaban J connectivity index is 1.63. The van der Waals surface area contributed by atoms with Gasteiger partial charge in [-0.05, 0) is 68.6 Å². The van der Waals surface area contributed by atoms with Crippen molar-refractivity contribution in [3.05, 3.63) is 65.7 Å². The number of hydrogen-bond donors (Lipinski definition) is 1. The van der Waals surface area contributed by atoms with Crippen LogP contribution in [-0.4, -0.2) is 67.0 Å². The van der Waals surface area contributed by atoms with Crippen LogP contribution >= 0.6 is 0 Å². The molecule has 190 valence electrons. The molecule has 2 aromatic carbocycles. The van der Waals surface area contributed by atoms with Crippen molar-refractivity contribution in [2.45, 2.75) is 58.4 Å². The molecule has 0 radical (unpaired) electrons. The Morgan fingerprint density at radius 2 is 1.60 bits per heavy atom. The number of nitrogens with zero attached hydrogens (tertiary/aromatic N) is 2. The van der Waals surface area contributed by atoms with Crippen LogP contribution in [0.2, 0.25) is 0 Å². The van der Waals surface area contributed by atoms with Crippen molar-refractivity contribution in [3.63, 3.8) is 0 Å². The summed E-state index contributed by atoms with van der Waals surface area (Å²) in [6.07, 6.45) is 6.11. The Hall–Kier alpha value is -2.86. The molecule has 0 aliphatic carbocycles. The highest BCUT2D eigenvalue weighted by Crippen LogP contribution is 2.16. The summed E-state index contributed by atoms with van der Waals surface area (Å²) in [6, 6.07) is 16.4. The van der Waals surface area contributed by atoms with Crippen molar-refractivity contribution < 1.29 is 14.3 Å². The maximum atomic E-state index is 13.4. The van der Waals surface area contributed by atoms with Gasteiger partial charge >= 0.3 is 0 Å². The third kappa shape index (κ3) is 8.70. The zero-order chi connectivity index (χ0) is 24.9. The molecule has 1 saturated heterocycles. The summed E-state index contributed by atoms with van der Waals surface area (Å²) in [5.74, 6) is 0.579. The van der Waals surface area contributed by atoms with Gasteiger partial charge in [0, 0.05) is 31.6 Å². The Kier molecular flexibility index (Phi) is 11.1. The summed E-state index contributed by atoms with van der Waals surface area (Å²) in [6.45, 7) is 9.47. The Morgan fingerprint density at radius 3 is 2.23 bits per heavy atom. The van der Waals surface area contributed by atoms with Crippen LogP contribution in [0.25, 0.3) is 0 Å². The van der Waals surface area contributed by atoms with Gasteiger partial charge in [0.05, 0.1) is 0 Å². The molecule has 1 aliphatic heterocycles. The fourth-order valence-electron chi connectivity index (χ4n) is 4.56. The summed E-state index contributed by atoms with van der Waals surface area (Å²) in [5, 5.41) is 3.00. The van der Waals surface area contributed by atoms with Crippen molar-refractivity contribution in [1.29, 1.82) is 0 Å². The van der Waals surface area contributed by atoms with Crippen molar-refractivity contribution in [3.8, 4) is 5.75 Å². The first kappa shape index (κ1) is 26.7. The first-order valence-corrected chi connectivity index (χ1v) is 13.2. The molecule has 1 aliphatic rings. The first-order valence-electron chi connectivity index (χ1n) is 13.2. The molecule has 1 atom stereocenters. The predicted molar refractivity (Wildman–Crippen MR) is 141 cm³/mol. The topological polar surface area (TPSA) is 61.9 Å². The number of amides is 2. The minimum Gasteiger partial charge on any atom is -0.492 e. The molecule has 0 spiro atoms. The minimum absolute atomic E-state index is 0.0279. The Morgan fingerprint density at radius 1 is 0.943 bits per heavy atom. The molecular formula is C29H41N3O3. The average Bonchev–Trinajstić information content (AvgIpc) is 2.90. The van der Waals surface area contributed by atoms with Crippen LogP contribution < -0.4 is 10.1 Å². The number of carbonyl (C=O) groups is 2. The molecule has 6 nitrogen and oxygen atoms in total. The minimum atomic E-state index is -0.619. The molecule has 35 heavy (non-hydrogen) atoms. The van der Waals surface area contributed by atoms with E-state index < -0.39 is 6.04 Å². The van der Waals surface area contributed by atoms with Gasteiger partial charge in [-0.15, -0.1) is 0 Å². The molecule has 1 N–H and O–H groups in total. The van der Waals surface area contributed by atoms with E-state index in [1.54, 1.807) is 12.1 Å². The number of ether oxygens (including phenoxy) is 1. The number of benzene rings is 2. The number of carbonyl (C=O) groups excluding carboxylic acids is 2. The van der Waals surface area contributed by atoms with E-state index >= 15 is 0 Å². The van der Waals surface area contributed by atoms with Crippen LogP contribution in [0.4, 0.5) is 0 Å². The number of likely N-dealkylation sites (tertiary alicyclic amines) is 1. The highest BCUT2D eigenvalue weighted by molar-refractivity contribution is 5.97. The van der Waals surface area contributed by atoms with Gasteiger partial charge in [0.25, 0.3) is 5.91 Å². The van der Waals surface area contributed by atoms with Crippen LogP contribution in [0.3, 0.4) is 0 Å². The van der Waals surface area contributed by atoms with Crippen molar-refractivity contribution in [1.82, 2.24) is 15.1 Å². The number of hydrogen-bond acceptors (Lipinski definition) is 4. The van der Waals surface area contributed by atoms with Crippen molar-refractivity contribution in [2.75, 3.05) is 39.3 Å². The first-order chi connectivity index (χ1) is 17.1. The molecule has 6 heteroatoms. The van der Waals surface area contributed by atoms with E-state index in [2.05, 4.69) is 24.1 Å². The lowest BCUT2D eigenvalue weighted by Crippen LogP contribution is -2.50. The standard InChI is InChI=1S/C29H41N3O3/c1-3-17-32(18-4-2)29(34)27(30-28(33)25-11-7-5-8-12-25)23-24-13-15-26(16-14-24)35-22-21-31-19-9-6-10-20-31/h5,7-8,11-16,27H,3-4,6,9-10,17-23H2,1-2H3,(H,30,33). The Labute approximate surface area is 210 Å². The smallest absolute Gasteiger partial charge is 0.251 e. The van der Waals surface area contributed by atoms with E-state index in [4.69, 9.17) is 4.74 Å². The summed E-state index contributed by atoms with van der Waals surface area (Å²) in [5.41, 5.74) is 1.55. The second kappa shape index (κ2) is 14.5. The van der Waals surface area contributed by atoms with Crippen LogP contribution in [0.1, 0.15) is 61.9 Å². The van der Waals surface area contributed by atoms with E-state index in [0.29, 0.717) is 31.7 Å². The van der Waals surface area contributed by atoms with Crippen LogP contribution in [0.5, 0.6) is 5.75 Å². The van der Waals surface area contributed by atoms with Gasteiger partial charge in [-0.3, -0.25) is 14.5 Å². The monoisotopic (exact) mass is 479 g/mol. The summed E-state index contributed by atoms with van der Waals surface area (Å²) in [7, 11) is 0. The number of nitrogens with one attached hydrogen (secondary N) is 1. The molecule has 1 heterocycles. The highest BCUT2D eigenvalue weighted by Gasteiger charge is 2.26. The average molecular weight is 480 g/mol. The largest absolute Gasteiger partial charge is 0.492 e. The van der Waals surface area contributed by atoms with E-state index in [1.807, 2.05) is 47.4 Å². The summed E-state index contributed by atoms with van der Waals surface area (Å²) >= 11 is 0. The highest BCUT2D eigenvalue weighted by atomic mass is 16.5. The normalized spacial score (nSPS) is 14.8. The van der Waals surface area contributed by atoms with Gasteiger partial charge in [0.15, 0.2) is 0 Å². The maximum Gasteiger partial charge on any atom is 0.251 e. The second-order valence-electron chi connectivity index (χ2n) is 9.32. The van der Waals surface area contributed by atoms with Gasteiger partial charge < -0.3 is 15.0 Å². The van der Waals surface area contributed by atoms with Crippen LogP contribution in [0, 0.1) is 0 Å². The molecule has 2 aromatic rings. The lowest BCUT2D eigenvalue weighted by Gasteiger charge is -2.28. The zero-order valence-corrected chi connectivity index (χ0v) is 21.4. The van der Waals surface area contributed by atoms with E-state index in [1.165, 1.54) is 32.4 Å². The van der Waals surface area contributed by atoms with E-state index in [0.717, 1.165) is 30.7 Å². The van der Waals surface area contributed by atoms with Gasteiger partial charge in [-0.1, -0.05) is 50.6 Å². The van der Waals surface area contributed by atoms with Crippen molar-refractivity contribution >= 4 is 11.8 Å². The predicted octanol–water partition coefficient (Wildman–Crippen LogP) is 4.54. The number of rotatable bonds is 13. The SMILES string of the molecule is CCCN(CCC)C(=O)C(Cc1ccc(OCCN2CCCCC2)cc1)NC(=O)c1ccccc1. The molecule has 3 rings (SSSR count).